The van der Waals surface area contributed by atoms with Gasteiger partial charge in [-0.2, -0.15) is 0 Å². The molecule has 0 radical (unpaired) electrons. The smallest absolute Gasteiger partial charge is 0.136 e. The molecule has 0 amide bonds. The van der Waals surface area contributed by atoms with Crippen LogP contribution in [-0.2, 0) is 4.79 Å². The Labute approximate surface area is 184 Å². The zero-order valence-electron chi connectivity index (χ0n) is 25.2. The van der Waals surface area contributed by atoms with E-state index in [0.717, 1.165) is 25.7 Å². The monoisotopic (exact) mass is 391 g/mol. The number of carbonyl (C=O) groups is 1. The molecule has 4 aliphatic carbocycles. The molecule has 1 nitrogen and oxygen atoms in total. The largest absolute Gasteiger partial charge is 0.299 e. The van der Waals surface area contributed by atoms with Gasteiger partial charge in [-0.1, -0.05) is 65.4 Å². The van der Waals surface area contributed by atoms with Gasteiger partial charge in [0.1, 0.15) is 5.78 Å². The van der Waals surface area contributed by atoms with Gasteiger partial charge >= 0.3 is 0 Å². The zero-order chi connectivity index (χ0) is 26.0. The van der Waals surface area contributed by atoms with E-state index in [1.165, 1.54) is 31.3 Å². The molecular weight excluding hydrogens is 340 g/mol. The number of allylic oxidation sites excluding steroid dienone is 2. The average Bonchev–Trinajstić information content (AvgIpc) is 3.09. The van der Waals surface area contributed by atoms with Crippen molar-refractivity contribution < 1.29 is 14.4 Å². The van der Waals surface area contributed by atoms with E-state index in [1.54, 1.807) is 0 Å². The molecule has 0 unspecified atom stereocenters. The van der Waals surface area contributed by atoms with Crippen molar-refractivity contribution in [1.82, 2.24) is 0 Å². The maximum absolute atomic E-state index is 12.1. The molecule has 4 aliphatic rings. The lowest BCUT2D eigenvalue weighted by atomic mass is 9.47. The number of Topliss-reactive ketones (excluding diaryl/α,β-unsaturated/α-hetero) is 1. The van der Waals surface area contributed by atoms with Gasteiger partial charge in [0.25, 0.3) is 0 Å². The summed E-state index contributed by atoms with van der Waals surface area (Å²) in [6.45, 7) is 1.51. The van der Waals surface area contributed by atoms with Crippen LogP contribution in [0.1, 0.15) is 115 Å². The molecule has 0 aromatic carbocycles. The number of carbonyl (C=O) groups excluding carboxylic acids is 1. The summed E-state index contributed by atoms with van der Waals surface area (Å²) in [5.41, 5.74) is 1.85. The van der Waals surface area contributed by atoms with Crippen molar-refractivity contribution in [1.29, 1.82) is 0 Å². The van der Waals surface area contributed by atoms with Crippen LogP contribution in [0.4, 0.5) is 0 Å². The van der Waals surface area contributed by atoms with Crippen LogP contribution in [0.5, 0.6) is 0 Å². The standard InChI is InChI=1S/C27H44O/c1-18(2)7-6-8-19(3)23-11-12-24-22-10-9-20-17-21(28)13-15-26(20,4)25(22)14-16-27(23,24)5/h9,18-19,22-25H,6-8,10-17H2,1-5H3/t19-,22+,23-,24+,25+,26+,27-/m1/s1/i1D3,2D3,18D. The molecule has 0 aliphatic heterocycles. The molecule has 0 bridgehead atoms. The molecule has 0 aromatic heterocycles. The highest BCUT2D eigenvalue weighted by Crippen LogP contribution is 2.67. The quantitative estimate of drug-likeness (QED) is 0.441. The maximum atomic E-state index is 12.1. The van der Waals surface area contributed by atoms with E-state index in [0.29, 0.717) is 48.2 Å². The third kappa shape index (κ3) is 3.33. The summed E-state index contributed by atoms with van der Waals surface area (Å²) >= 11 is 0. The number of ketones is 1. The Balaban J connectivity index is 1.44. The molecule has 3 fully saturated rings. The van der Waals surface area contributed by atoms with E-state index in [1.807, 2.05) is 0 Å². The first-order valence-corrected chi connectivity index (χ1v) is 11.8. The minimum Gasteiger partial charge on any atom is -0.299 e. The van der Waals surface area contributed by atoms with Crippen LogP contribution >= 0.6 is 0 Å². The van der Waals surface area contributed by atoms with Gasteiger partial charge in [-0.05, 0) is 84.8 Å². The summed E-state index contributed by atoms with van der Waals surface area (Å²) in [4.78, 5) is 12.1. The van der Waals surface area contributed by atoms with Gasteiger partial charge in [-0.15, -0.1) is 0 Å². The Morgan fingerprint density at radius 2 is 2.00 bits per heavy atom. The lowest BCUT2D eigenvalue weighted by Gasteiger charge is -2.58. The van der Waals surface area contributed by atoms with Crippen molar-refractivity contribution >= 4 is 5.78 Å². The van der Waals surface area contributed by atoms with Crippen LogP contribution < -0.4 is 0 Å². The van der Waals surface area contributed by atoms with E-state index < -0.39 is 19.6 Å². The Morgan fingerprint density at radius 1 is 1.18 bits per heavy atom. The molecule has 158 valence electrons. The second kappa shape index (κ2) is 7.59. The van der Waals surface area contributed by atoms with Crippen molar-refractivity contribution in [3.05, 3.63) is 11.6 Å². The molecule has 7 atom stereocenters. The topological polar surface area (TPSA) is 17.1 Å². The van der Waals surface area contributed by atoms with E-state index in [-0.39, 0.29) is 17.3 Å². The van der Waals surface area contributed by atoms with Gasteiger partial charge < -0.3 is 0 Å². The molecular formula is C27H44O. The van der Waals surface area contributed by atoms with E-state index >= 15 is 0 Å². The number of hydrogen-bond donors (Lipinski definition) is 0. The normalized spacial score (nSPS) is 48.9. The van der Waals surface area contributed by atoms with Crippen molar-refractivity contribution in [3.8, 4) is 0 Å². The number of hydrogen-bond acceptors (Lipinski definition) is 1. The zero-order valence-corrected chi connectivity index (χ0v) is 18.2. The van der Waals surface area contributed by atoms with Crippen LogP contribution in [0.3, 0.4) is 0 Å². The first-order chi connectivity index (χ1) is 16.0. The summed E-state index contributed by atoms with van der Waals surface area (Å²) in [6.07, 6.45) is 11.9. The third-order valence-electron chi connectivity index (χ3n) is 9.78. The summed E-state index contributed by atoms with van der Waals surface area (Å²) < 4.78 is 54.4. The SMILES string of the molecule is [2H]C([2H])([2H])C([2H])(CCC[C@@H](C)[C@H]1CC[C@H]2[C@@H]3CC=C4CC(=O)CC[C@]4(C)[C@H]3CC[C@]12C)C([2H])([2H])[2H]. The van der Waals surface area contributed by atoms with Gasteiger partial charge in [0.2, 0.25) is 0 Å². The Morgan fingerprint density at radius 3 is 2.79 bits per heavy atom. The molecule has 0 N–H and O–H groups in total. The second-order valence-electron chi connectivity index (χ2n) is 11.1. The first kappa shape index (κ1) is 13.7. The van der Waals surface area contributed by atoms with E-state index in [4.69, 9.17) is 9.60 Å². The highest BCUT2D eigenvalue weighted by atomic mass is 16.1. The van der Waals surface area contributed by atoms with Crippen LogP contribution in [0.25, 0.3) is 0 Å². The minimum atomic E-state index is -2.82. The molecule has 4 rings (SSSR count). The van der Waals surface area contributed by atoms with Gasteiger partial charge in [0.15, 0.2) is 0 Å². The van der Waals surface area contributed by atoms with Crippen LogP contribution in [0.2, 0.25) is 0 Å². The van der Waals surface area contributed by atoms with Crippen LogP contribution in [-0.4, -0.2) is 5.78 Å². The third-order valence-corrected chi connectivity index (χ3v) is 9.78. The van der Waals surface area contributed by atoms with Crippen molar-refractivity contribution in [2.75, 3.05) is 0 Å². The molecule has 3 saturated carbocycles. The van der Waals surface area contributed by atoms with Gasteiger partial charge in [0, 0.05) is 22.4 Å². The average molecular weight is 392 g/mol. The summed E-state index contributed by atoms with van der Waals surface area (Å²) in [7, 11) is 0. The summed E-state index contributed by atoms with van der Waals surface area (Å²) in [6, 6.07) is 0. The Kier molecular flexibility index (Phi) is 3.70. The fourth-order valence-corrected chi connectivity index (χ4v) is 8.25. The Hall–Kier alpha value is -0.590. The summed E-state index contributed by atoms with van der Waals surface area (Å²) in [5.74, 6) is 0.974. The number of fused-ring (bicyclic) bond motifs is 5. The van der Waals surface area contributed by atoms with Crippen LogP contribution in [0, 0.1) is 46.3 Å². The summed E-state index contributed by atoms with van der Waals surface area (Å²) in [5, 5.41) is 0. The highest BCUT2D eigenvalue weighted by molar-refractivity contribution is 5.82. The predicted molar refractivity (Wildman–Crippen MR) is 118 cm³/mol. The molecule has 0 heterocycles. The van der Waals surface area contributed by atoms with Crippen molar-refractivity contribution in [3.63, 3.8) is 0 Å². The fourth-order valence-electron chi connectivity index (χ4n) is 8.25. The second-order valence-corrected chi connectivity index (χ2v) is 11.1. The molecule has 0 aromatic rings. The highest BCUT2D eigenvalue weighted by Gasteiger charge is 2.59. The first-order valence-electron chi connectivity index (χ1n) is 15.3. The maximum Gasteiger partial charge on any atom is 0.136 e. The van der Waals surface area contributed by atoms with Gasteiger partial charge in [0.05, 0.1) is 0 Å². The lowest BCUT2D eigenvalue weighted by molar-refractivity contribution is -0.122. The molecule has 1 heteroatoms. The minimum absolute atomic E-state index is 0.119. The molecule has 0 saturated heterocycles. The molecule has 28 heavy (non-hydrogen) atoms. The predicted octanol–water partition coefficient (Wildman–Crippen LogP) is 7.60. The van der Waals surface area contributed by atoms with Crippen molar-refractivity contribution in [2.45, 2.75) is 105 Å². The van der Waals surface area contributed by atoms with E-state index in [2.05, 4.69) is 26.8 Å². The Bertz CT molecular complexity index is 845. The van der Waals surface area contributed by atoms with E-state index in [9.17, 15) is 4.79 Å². The number of rotatable bonds is 5. The van der Waals surface area contributed by atoms with Gasteiger partial charge in [-0.25, -0.2) is 0 Å². The lowest BCUT2D eigenvalue weighted by Crippen LogP contribution is -2.50. The fraction of sp³-hybridized carbons (Fsp3) is 0.889. The van der Waals surface area contributed by atoms with Crippen LogP contribution in [0.15, 0.2) is 11.6 Å². The van der Waals surface area contributed by atoms with Crippen molar-refractivity contribution in [2.24, 2.45) is 46.3 Å². The van der Waals surface area contributed by atoms with Gasteiger partial charge in [-0.3, -0.25) is 4.79 Å². The molecule has 0 spiro atoms.